The third-order valence-electron chi connectivity index (χ3n) is 4.25. The van der Waals surface area contributed by atoms with Crippen LogP contribution in [-0.2, 0) is 9.84 Å². The van der Waals surface area contributed by atoms with Gasteiger partial charge in [-0.1, -0.05) is 48.5 Å². The van der Waals surface area contributed by atoms with Gasteiger partial charge in [0.2, 0.25) is 0 Å². The highest BCUT2D eigenvalue weighted by Gasteiger charge is 2.23. The first-order valence-electron chi connectivity index (χ1n) is 8.45. The Hall–Kier alpha value is -3.27. The van der Waals surface area contributed by atoms with Crippen molar-refractivity contribution < 1.29 is 14.6 Å². The lowest BCUT2D eigenvalue weighted by atomic mass is 10.0. The van der Waals surface area contributed by atoms with Crippen molar-refractivity contribution >= 4 is 17.5 Å². The minimum absolute atomic E-state index is 0.0617. The van der Waals surface area contributed by atoms with Gasteiger partial charge in [0, 0.05) is 5.56 Å². The molecular formula is C22H20NO3. The molecule has 4 nitrogen and oxygen atoms in total. The maximum atomic E-state index is 12.9. The predicted molar refractivity (Wildman–Crippen MR) is 101 cm³/mol. The second-order valence-corrected chi connectivity index (χ2v) is 6.00. The molecule has 0 aliphatic rings. The molecule has 1 unspecified atom stereocenters. The number of ether oxygens (including phenoxy) is 1. The number of benzene rings is 3. The molecule has 0 saturated heterocycles. The third-order valence-corrected chi connectivity index (χ3v) is 4.25. The van der Waals surface area contributed by atoms with Crippen LogP contribution in [0.4, 0.5) is 16.2 Å². The van der Waals surface area contributed by atoms with Crippen molar-refractivity contribution in [2.45, 2.75) is 20.0 Å². The molecule has 0 saturated carbocycles. The number of para-hydroxylation sites is 2. The summed E-state index contributed by atoms with van der Waals surface area (Å²) in [4.78, 5) is 14.5. The summed E-state index contributed by atoms with van der Waals surface area (Å²) in [7, 11) is 0. The highest BCUT2D eigenvalue weighted by Crippen LogP contribution is 2.31. The van der Waals surface area contributed by atoms with Gasteiger partial charge in [-0.3, -0.25) is 5.11 Å². The number of carbonyl (C=O) groups excluding carboxylic acids is 1. The summed E-state index contributed by atoms with van der Waals surface area (Å²) in [5, 5.41) is 11.9. The van der Waals surface area contributed by atoms with Crippen molar-refractivity contribution in [3.8, 4) is 5.75 Å². The average Bonchev–Trinajstić information content (AvgIpc) is 2.66. The summed E-state index contributed by atoms with van der Waals surface area (Å²) in [6.45, 7) is 3.52. The van der Waals surface area contributed by atoms with E-state index in [1.54, 1.807) is 19.9 Å². The maximum Gasteiger partial charge on any atom is 0.419 e. The number of hydrogen-bond donors (Lipinski definition) is 0. The van der Waals surface area contributed by atoms with Gasteiger partial charge >= 0.3 is 6.09 Å². The molecule has 1 atom stereocenters. The molecule has 131 valence electrons. The van der Waals surface area contributed by atoms with E-state index in [0.29, 0.717) is 22.5 Å². The minimum Gasteiger partial charge on any atom is -0.441 e. The zero-order valence-corrected chi connectivity index (χ0v) is 14.8. The molecule has 3 rings (SSSR count). The second-order valence-electron chi connectivity index (χ2n) is 6.00. The fraction of sp³-hybridized carbons (Fsp3) is 0.136. The normalized spacial score (nSPS) is 11.6. The molecule has 1 amide bonds. The van der Waals surface area contributed by atoms with Crippen LogP contribution >= 0.6 is 0 Å². The van der Waals surface area contributed by atoms with E-state index in [9.17, 15) is 9.90 Å². The number of amides is 1. The molecule has 0 heterocycles. The Kier molecular flexibility index (Phi) is 5.23. The summed E-state index contributed by atoms with van der Waals surface area (Å²) in [5.41, 5.74) is 2.74. The highest BCUT2D eigenvalue weighted by atomic mass is 16.6. The molecule has 0 aromatic heterocycles. The van der Waals surface area contributed by atoms with Crippen LogP contribution in [0.15, 0.2) is 78.9 Å². The zero-order chi connectivity index (χ0) is 18.5. The molecule has 0 N–H and O–H groups in total. The van der Waals surface area contributed by atoms with E-state index < -0.39 is 12.2 Å². The smallest absolute Gasteiger partial charge is 0.419 e. The summed E-state index contributed by atoms with van der Waals surface area (Å²) < 4.78 is 5.69. The lowest BCUT2D eigenvalue weighted by molar-refractivity contribution is 0.116. The molecule has 0 fully saturated rings. The summed E-state index contributed by atoms with van der Waals surface area (Å²) in [6, 6.07) is 23.7. The Bertz CT molecular complexity index is 839. The van der Waals surface area contributed by atoms with Crippen molar-refractivity contribution in [1.29, 1.82) is 0 Å². The van der Waals surface area contributed by atoms with Crippen LogP contribution < -0.4 is 4.90 Å². The van der Waals surface area contributed by atoms with E-state index in [1.165, 1.54) is 11.0 Å². The fourth-order valence-electron chi connectivity index (χ4n) is 2.85. The fourth-order valence-corrected chi connectivity index (χ4v) is 2.85. The molecule has 0 aliphatic heterocycles. The van der Waals surface area contributed by atoms with Crippen molar-refractivity contribution in [1.82, 2.24) is 0 Å². The van der Waals surface area contributed by atoms with Gasteiger partial charge in [-0.25, -0.2) is 9.69 Å². The number of hydrogen-bond acceptors (Lipinski definition) is 2. The van der Waals surface area contributed by atoms with E-state index in [4.69, 9.17) is 4.74 Å². The van der Waals surface area contributed by atoms with Gasteiger partial charge in [-0.15, -0.1) is 0 Å². The Morgan fingerprint density at radius 3 is 1.92 bits per heavy atom. The van der Waals surface area contributed by atoms with E-state index in [-0.39, 0.29) is 5.75 Å². The van der Waals surface area contributed by atoms with Gasteiger partial charge in [0.1, 0.15) is 6.10 Å². The summed E-state index contributed by atoms with van der Waals surface area (Å²) >= 11 is 0. The number of anilines is 2. The largest absolute Gasteiger partial charge is 0.441 e. The SMILES string of the molecule is Cc1c([O])cccc1C(C)OC(=O)N(c1ccccc1)c1ccccc1. The van der Waals surface area contributed by atoms with Crippen LogP contribution in [0, 0.1) is 6.92 Å². The summed E-state index contributed by atoms with van der Waals surface area (Å²) in [6.07, 6.45) is -1.03. The third kappa shape index (κ3) is 3.70. The minimum atomic E-state index is -0.536. The molecule has 0 aliphatic carbocycles. The van der Waals surface area contributed by atoms with Gasteiger partial charge in [0.15, 0.2) is 5.75 Å². The number of carbonyl (C=O) groups is 1. The molecule has 26 heavy (non-hydrogen) atoms. The van der Waals surface area contributed by atoms with Gasteiger partial charge in [-0.2, -0.15) is 0 Å². The van der Waals surface area contributed by atoms with Crippen molar-refractivity contribution in [3.63, 3.8) is 0 Å². The molecule has 4 heteroatoms. The molecule has 3 aromatic carbocycles. The van der Waals surface area contributed by atoms with Crippen LogP contribution in [0.2, 0.25) is 0 Å². The number of nitrogens with zero attached hydrogens (tertiary/aromatic N) is 1. The van der Waals surface area contributed by atoms with Crippen LogP contribution in [0.5, 0.6) is 5.75 Å². The van der Waals surface area contributed by atoms with E-state index in [0.717, 1.165) is 0 Å². The van der Waals surface area contributed by atoms with Gasteiger partial charge < -0.3 is 4.74 Å². The van der Waals surface area contributed by atoms with Gasteiger partial charge in [-0.05, 0) is 49.7 Å². The van der Waals surface area contributed by atoms with E-state index in [1.807, 2.05) is 66.7 Å². The molecule has 0 spiro atoms. The Morgan fingerprint density at radius 1 is 0.846 bits per heavy atom. The zero-order valence-electron chi connectivity index (χ0n) is 14.8. The van der Waals surface area contributed by atoms with Crippen LogP contribution in [0.1, 0.15) is 24.2 Å². The molecule has 0 bridgehead atoms. The Morgan fingerprint density at radius 2 is 1.38 bits per heavy atom. The first kappa shape index (κ1) is 17.5. The van der Waals surface area contributed by atoms with Crippen molar-refractivity contribution in [2.24, 2.45) is 0 Å². The van der Waals surface area contributed by atoms with Crippen LogP contribution in [-0.4, -0.2) is 6.09 Å². The van der Waals surface area contributed by atoms with Gasteiger partial charge in [0.05, 0.1) is 11.4 Å². The summed E-state index contributed by atoms with van der Waals surface area (Å²) in [5.74, 6) is -0.0617. The second kappa shape index (κ2) is 7.74. The van der Waals surface area contributed by atoms with Crippen LogP contribution in [0.25, 0.3) is 0 Å². The highest BCUT2D eigenvalue weighted by molar-refractivity contribution is 5.96. The molecule has 3 aromatic rings. The van der Waals surface area contributed by atoms with Gasteiger partial charge in [0.25, 0.3) is 0 Å². The van der Waals surface area contributed by atoms with E-state index >= 15 is 0 Å². The Balaban J connectivity index is 1.90. The standard InChI is InChI=1S/C22H20NO3/c1-16-20(14-9-15-21(16)24)17(2)26-22(25)23(18-10-5-3-6-11-18)19-12-7-4-8-13-19/h3-15,17H,1-2H3. The lowest BCUT2D eigenvalue weighted by Crippen LogP contribution is -2.27. The van der Waals surface area contributed by atoms with Crippen molar-refractivity contribution in [2.75, 3.05) is 4.90 Å². The number of rotatable bonds is 4. The maximum absolute atomic E-state index is 12.9. The lowest BCUT2D eigenvalue weighted by Gasteiger charge is -2.25. The van der Waals surface area contributed by atoms with E-state index in [2.05, 4.69) is 0 Å². The first-order valence-corrected chi connectivity index (χ1v) is 8.45. The predicted octanol–water partition coefficient (Wildman–Crippen LogP) is 6.17. The molecule has 1 radical (unpaired) electrons. The Labute approximate surface area is 153 Å². The average molecular weight is 346 g/mol. The van der Waals surface area contributed by atoms with Crippen LogP contribution in [0.3, 0.4) is 0 Å². The van der Waals surface area contributed by atoms with Crippen molar-refractivity contribution in [3.05, 3.63) is 90.0 Å². The monoisotopic (exact) mass is 346 g/mol. The first-order chi connectivity index (χ1) is 12.6. The topological polar surface area (TPSA) is 49.4 Å². The quantitative estimate of drug-likeness (QED) is 0.567. The molecular weight excluding hydrogens is 326 g/mol.